The largest absolute Gasteiger partial charge is 0.493 e. The van der Waals surface area contributed by atoms with Crippen molar-refractivity contribution in [2.24, 2.45) is 0 Å². The van der Waals surface area contributed by atoms with E-state index in [0.29, 0.717) is 41.2 Å². The van der Waals surface area contributed by atoms with E-state index in [1.165, 1.54) is 121 Å². The molecule has 0 amide bonds. The van der Waals surface area contributed by atoms with Crippen molar-refractivity contribution in [3.63, 3.8) is 0 Å². The molecular formula is C65H46Cl8F16O2. The summed E-state index contributed by atoms with van der Waals surface area (Å²) in [6, 6.07) is 54.2. The van der Waals surface area contributed by atoms with Crippen LogP contribution in [0.15, 0.2) is 243 Å². The molecule has 0 heterocycles. The van der Waals surface area contributed by atoms with Crippen molar-refractivity contribution in [3.8, 4) is 11.5 Å². The topological polar surface area (TPSA) is 18.5 Å². The van der Waals surface area contributed by atoms with Crippen LogP contribution in [0.4, 0.5) is 70.2 Å². The number of ether oxygens (including phenoxy) is 2. The molecule has 0 aliphatic rings. The molecule has 0 N–H and O–H groups in total. The second-order valence-electron chi connectivity index (χ2n) is 16.5. The Morgan fingerprint density at radius 1 is 0.220 bits per heavy atom. The van der Waals surface area contributed by atoms with Crippen LogP contribution in [-0.2, 0) is 18.5 Å². The van der Waals surface area contributed by atoms with Crippen LogP contribution in [0, 0.1) is 40.7 Å². The van der Waals surface area contributed by atoms with E-state index < -0.39 is 41.0 Å². The predicted molar refractivity (Wildman–Crippen MR) is 332 cm³/mol. The maximum Gasteiger partial charge on any atom is 0.416 e. The maximum absolute atomic E-state index is 12.2. The quantitative estimate of drug-likeness (QED) is 0.161. The van der Waals surface area contributed by atoms with Crippen LogP contribution >= 0.6 is 92.8 Å². The molecule has 10 aromatic carbocycles. The van der Waals surface area contributed by atoms with Gasteiger partial charge in [-0.05, 0) is 194 Å². The van der Waals surface area contributed by atoms with Gasteiger partial charge in [-0.2, -0.15) is 39.5 Å². The average molecular weight is 1450 g/mol. The molecule has 0 atom stereocenters. The summed E-state index contributed by atoms with van der Waals surface area (Å²) in [4.78, 5) is 0. The van der Waals surface area contributed by atoms with Crippen LogP contribution in [0.5, 0.6) is 11.5 Å². The van der Waals surface area contributed by atoms with Crippen molar-refractivity contribution in [3.05, 3.63) is 340 Å². The lowest BCUT2D eigenvalue weighted by atomic mass is 10.2. The van der Waals surface area contributed by atoms with Crippen molar-refractivity contribution in [2.75, 3.05) is 14.2 Å². The first-order valence-corrected chi connectivity index (χ1v) is 27.8. The van der Waals surface area contributed by atoms with Gasteiger partial charge >= 0.3 is 18.5 Å². The minimum atomic E-state index is -4.46. The Labute approximate surface area is 553 Å². The van der Waals surface area contributed by atoms with Gasteiger partial charge in [-0.3, -0.25) is 0 Å². The predicted octanol–water partition coefficient (Wildman–Crippen LogP) is 26.1. The van der Waals surface area contributed by atoms with Gasteiger partial charge in [-0.25, -0.2) is 30.7 Å². The lowest BCUT2D eigenvalue weighted by molar-refractivity contribution is -0.138. The van der Waals surface area contributed by atoms with Crippen LogP contribution in [0.1, 0.15) is 16.7 Å². The van der Waals surface area contributed by atoms with Crippen LogP contribution in [0.25, 0.3) is 0 Å². The molecule has 0 saturated carbocycles. The molecule has 10 rings (SSSR count). The highest BCUT2D eigenvalue weighted by Gasteiger charge is 2.31. The van der Waals surface area contributed by atoms with Gasteiger partial charge in [0.25, 0.3) is 0 Å². The Kier molecular flexibility index (Phi) is 39.4. The first-order valence-electron chi connectivity index (χ1n) is 24.7. The highest BCUT2D eigenvalue weighted by Crippen LogP contribution is 2.32. The number of hydrogen-bond acceptors (Lipinski definition) is 2. The molecule has 0 bridgehead atoms. The molecule has 0 spiro atoms. The maximum atomic E-state index is 12.2. The molecule has 91 heavy (non-hydrogen) atoms. The van der Waals surface area contributed by atoms with E-state index in [0.717, 1.165) is 54.0 Å². The molecule has 486 valence electrons. The molecule has 10 aromatic rings. The number of halogens is 24. The summed E-state index contributed by atoms with van der Waals surface area (Å²) in [5.74, 6) is -1.02. The van der Waals surface area contributed by atoms with Gasteiger partial charge in [0.1, 0.15) is 40.7 Å². The molecule has 0 aromatic heterocycles. The summed E-state index contributed by atoms with van der Waals surface area (Å²) in [5, 5.41) is 3.26. The highest BCUT2D eigenvalue weighted by molar-refractivity contribution is 6.32. The number of benzene rings is 10. The fraction of sp³-hybridized carbons (Fsp3) is 0.0769. The zero-order chi connectivity index (χ0) is 68.7. The van der Waals surface area contributed by atoms with Gasteiger partial charge in [0.05, 0.1) is 30.9 Å². The van der Waals surface area contributed by atoms with E-state index in [2.05, 4.69) is 0 Å². The van der Waals surface area contributed by atoms with E-state index >= 15 is 0 Å². The summed E-state index contributed by atoms with van der Waals surface area (Å²) in [6.07, 6.45) is -13.0. The molecule has 0 saturated heterocycles. The van der Waals surface area contributed by atoms with Crippen molar-refractivity contribution >= 4 is 92.8 Å². The van der Waals surface area contributed by atoms with Gasteiger partial charge in [0.2, 0.25) is 0 Å². The van der Waals surface area contributed by atoms with Crippen LogP contribution in [-0.4, -0.2) is 14.2 Å². The SMILES string of the molecule is COc1ccccc1OC.FC(F)(F)c1ccc(Cl)cc1.FC(F)(F)c1cccc(Cl)c1.Fc1ccc(Cl)cc1.Fc1ccc(Cl)cc1.Fc1cccc(C(F)(F)F)c1.Fc1cccc(Cl)c1.Fc1cccc(Cl)c1.Fc1cccc(Cl)c1.Fc1cccc(Cl)c1. The Bertz CT molecular complexity index is 3210. The fourth-order valence-electron chi connectivity index (χ4n) is 5.45. The van der Waals surface area contributed by atoms with Crippen LogP contribution < -0.4 is 9.47 Å². The normalized spacial score (nSPS) is 10.1. The molecule has 2 nitrogen and oxygen atoms in total. The smallest absolute Gasteiger partial charge is 0.416 e. The second kappa shape index (κ2) is 43.7. The number of para-hydroxylation sites is 2. The van der Waals surface area contributed by atoms with E-state index in [-0.39, 0.29) is 39.9 Å². The summed E-state index contributed by atoms with van der Waals surface area (Å²) < 4.78 is 201. The Balaban J connectivity index is 0.000000507. The van der Waals surface area contributed by atoms with Crippen molar-refractivity contribution < 1.29 is 79.7 Å². The number of hydrogen-bond donors (Lipinski definition) is 0. The molecular weight excluding hydrogens is 1400 g/mol. The molecule has 26 heteroatoms. The van der Waals surface area contributed by atoms with Gasteiger partial charge in [0, 0.05) is 40.2 Å². The lowest BCUT2D eigenvalue weighted by Crippen LogP contribution is -2.04. The third-order valence-electron chi connectivity index (χ3n) is 9.52. The van der Waals surface area contributed by atoms with Gasteiger partial charge in [-0.1, -0.05) is 141 Å². The van der Waals surface area contributed by atoms with Crippen molar-refractivity contribution in [2.45, 2.75) is 18.5 Å². The third-order valence-corrected chi connectivity index (χ3v) is 11.4. The van der Waals surface area contributed by atoms with E-state index in [9.17, 15) is 70.2 Å². The van der Waals surface area contributed by atoms with Gasteiger partial charge < -0.3 is 9.47 Å². The first kappa shape index (κ1) is 82.0. The van der Waals surface area contributed by atoms with Gasteiger partial charge in [0.15, 0.2) is 11.5 Å². The lowest BCUT2D eigenvalue weighted by Gasteiger charge is -2.05. The zero-order valence-corrected chi connectivity index (χ0v) is 52.5. The van der Waals surface area contributed by atoms with Crippen molar-refractivity contribution in [1.82, 2.24) is 0 Å². The summed E-state index contributed by atoms with van der Waals surface area (Å²) in [5.41, 5.74) is -2.36. The molecule has 0 unspecified atom stereocenters. The Morgan fingerprint density at radius 3 is 0.637 bits per heavy atom. The standard InChI is InChI=1S/C8H10O2.2C7H4ClF3.C7H4F4.6C6H4ClF/c1-9-7-5-3-4-6-8(7)10-2;8-6-3-1-5(2-4-6)7(9,10)11;2*8-6-3-1-2-5(4-6)7(9,10)11;2*7-5-1-3-6(8)4-2-5;4*7-5-2-1-3-6(8)4-5/h3-6H,1-2H3;3*1-4H;6*1-4H. The van der Waals surface area contributed by atoms with Crippen LogP contribution in [0.3, 0.4) is 0 Å². The first-order chi connectivity index (χ1) is 42.6. The zero-order valence-electron chi connectivity index (χ0n) is 46.5. The number of alkyl halides is 9. The molecule has 0 aliphatic heterocycles. The van der Waals surface area contributed by atoms with E-state index in [1.54, 1.807) is 62.8 Å². The second-order valence-corrected chi connectivity index (χ2v) is 20.0. The average Bonchev–Trinajstić information content (AvgIpc) is 3.51. The molecule has 0 fully saturated rings. The Hall–Kier alpha value is -7.00. The fourth-order valence-corrected chi connectivity index (χ4v) is 6.73. The summed E-state index contributed by atoms with van der Waals surface area (Å²) >= 11 is 43.3. The van der Waals surface area contributed by atoms with E-state index in [1.807, 2.05) is 24.3 Å². The minimum absolute atomic E-state index is 0.0971. The molecule has 0 radical (unpaired) electrons. The minimum Gasteiger partial charge on any atom is -0.493 e. The third kappa shape index (κ3) is 40.5. The summed E-state index contributed by atoms with van der Waals surface area (Å²) in [6.45, 7) is 0. The van der Waals surface area contributed by atoms with E-state index in [4.69, 9.17) is 102 Å². The van der Waals surface area contributed by atoms with Crippen LogP contribution in [0.2, 0.25) is 40.2 Å². The summed E-state index contributed by atoms with van der Waals surface area (Å²) in [7, 11) is 3.25. The Morgan fingerprint density at radius 2 is 0.451 bits per heavy atom. The highest BCUT2D eigenvalue weighted by atomic mass is 35.5. The number of rotatable bonds is 2. The molecule has 0 aliphatic carbocycles. The van der Waals surface area contributed by atoms with Gasteiger partial charge in [-0.15, -0.1) is 0 Å². The monoisotopic (exact) mass is 1440 g/mol. The van der Waals surface area contributed by atoms with Crippen molar-refractivity contribution in [1.29, 1.82) is 0 Å². The number of methoxy groups -OCH3 is 2.